The number of methoxy groups -OCH3 is 1. The van der Waals surface area contributed by atoms with Gasteiger partial charge in [0.15, 0.2) is 6.61 Å². The maximum Gasteiger partial charge on any atom is 0.413 e. The molecule has 1 rings (SSSR count). The van der Waals surface area contributed by atoms with Crippen LogP contribution in [-0.4, -0.2) is 38.3 Å². The summed E-state index contributed by atoms with van der Waals surface area (Å²) in [6.45, 7) is 1.15. The van der Waals surface area contributed by atoms with Crippen LogP contribution in [0.3, 0.4) is 0 Å². The Morgan fingerprint density at radius 2 is 2.00 bits per heavy atom. The zero-order chi connectivity index (χ0) is 17.2. The summed E-state index contributed by atoms with van der Waals surface area (Å²) in [5.41, 5.74) is 0.662. The van der Waals surface area contributed by atoms with E-state index in [0.29, 0.717) is 11.3 Å². The first kappa shape index (κ1) is 18.7. The van der Waals surface area contributed by atoms with Gasteiger partial charge in [0.1, 0.15) is 5.75 Å². The molecular weight excluding hydrogens is 370 g/mol. The number of ether oxygens (including phenoxy) is 3. The number of hydrogen-bond acceptors (Lipinski definition) is 6. The SMILES string of the molecule is CCOC(=O)NC(=O)COC(=O)/C=C/c1cc(Br)ccc1OC. The number of esters is 1. The number of imide groups is 1. The smallest absolute Gasteiger partial charge is 0.413 e. The highest BCUT2D eigenvalue weighted by atomic mass is 79.9. The minimum atomic E-state index is -0.886. The molecule has 0 aliphatic rings. The van der Waals surface area contributed by atoms with E-state index in [0.717, 1.165) is 10.5 Å². The minimum absolute atomic E-state index is 0.135. The number of nitrogens with one attached hydrogen (secondary N) is 1. The number of carbonyl (C=O) groups is 3. The number of alkyl carbamates (subject to hydrolysis) is 1. The molecule has 7 nitrogen and oxygen atoms in total. The predicted octanol–water partition coefficient (Wildman–Crippen LogP) is 2.29. The Bertz CT molecular complexity index is 614. The third-order valence-electron chi connectivity index (χ3n) is 2.45. The topological polar surface area (TPSA) is 90.9 Å². The van der Waals surface area contributed by atoms with Crippen LogP contribution in [0.25, 0.3) is 6.08 Å². The summed E-state index contributed by atoms with van der Waals surface area (Å²) in [5.74, 6) is -0.923. The number of amides is 2. The Morgan fingerprint density at radius 3 is 2.65 bits per heavy atom. The van der Waals surface area contributed by atoms with E-state index >= 15 is 0 Å². The lowest BCUT2D eigenvalue weighted by molar-refractivity contribution is -0.143. The molecule has 124 valence electrons. The van der Waals surface area contributed by atoms with Crippen LogP contribution < -0.4 is 10.1 Å². The molecule has 0 saturated carbocycles. The highest BCUT2D eigenvalue weighted by Crippen LogP contribution is 2.24. The first-order valence-electron chi connectivity index (χ1n) is 6.61. The van der Waals surface area contributed by atoms with Gasteiger partial charge in [0, 0.05) is 16.1 Å². The quantitative estimate of drug-likeness (QED) is 0.596. The number of hydrogen-bond donors (Lipinski definition) is 1. The van der Waals surface area contributed by atoms with E-state index in [1.54, 1.807) is 25.1 Å². The van der Waals surface area contributed by atoms with Gasteiger partial charge in [-0.1, -0.05) is 15.9 Å². The fourth-order valence-electron chi connectivity index (χ4n) is 1.50. The molecule has 2 amide bonds. The van der Waals surface area contributed by atoms with Gasteiger partial charge in [-0.15, -0.1) is 0 Å². The van der Waals surface area contributed by atoms with Gasteiger partial charge < -0.3 is 14.2 Å². The normalized spacial score (nSPS) is 10.2. The lowest BCUT2D eigenvalue weighted by atomic mass is 10.2. The average Bonchev–Trinajstić information content (AvgIpc) is 2.51. The fraction of sp³-hybridized carbons (Fsp3) is 0.267. The summed E-state index contributed by atoms with van der Waals surface area (Å²) in [5, 5.41) is 1.91. The molecular formula is C15H16BrNO6. The summed E-state index contributed by atoms with van der Waals surface area (Å²) >= 11 is 3.32. The molecule has 0 bridgehead atoms. The van der Waals surface area contributed by atoms with Gasteiger partial charge >= 0.3 is 12.1 Å². The van der Waals surface area contributed by atoms with Crippen LogP contribution in [0.15, 0.2) is 28.7 Å². The highest BCUT2D eigenvalue weighted by Gasteiger charge is 2.10. The monoisotopic (exact) mass is 385 g/mol. The molecule has 1 N–H and O–H groups in total. The molecule has 0 saturated heterocycles. The minimum Gasteiger partial charge on any atom is -0.496 e. The molecule has 0 unspecified atom stereocenters. The standard InChI is InChI=1S/C15H16BrNO6/c1-3-22-15(20)17-13(18)9-23-14(19)7-4-10-8-11(16)5-6-12(10)21-2/h4-8H,3,9H2,1-2H3,(H,17,18,20)/b7-4+. The van der Waals surface area contributed by atoms with E-state index in [-0.39, 0.29) is 6.61 Å². The van der Waals surface area contributed by atoms with E-state index in [9.17, 15) is 14.4 Å². The van der Waals surface area contributed by atoms with Crippen molar-refractivity contribution in [2.24, 2.45) is 0 Å². The largest absolute Gasteiger partial charge is 0.496 e. The van der Waals surface area contributed by atoms with E-state index in [4.69, 9.17) is 9.47 Å². The predicted molar refractivity (Wildman–Crippen MR) is 85.9 cm³/mol. The first-order valence-corrected chi connectivity index (χ1v) is 7.40. The van der Waals surface area contributed by atoms with Crippen molar-refractivity contribution in [1.82, 2.24) is 5.32 Å². The van der Waals surface area contributed by atoms with Crippen LogP contribution >= 0.6 is 15.9 Å². The Kier molecular flexibility index (Phi) is 7.82. The van der Waals surface area contributed by atoms with Crippen LogP contribution in [0.1, 0.15) is 12.5 Å². The molecule has 0 aliphatic heterocycles. The molecule has 0 fully saturated rings. The Balaban J connectivity index is 2.52. The van der Waals surface area contributed by atoms with Crippen molar-refractivity contribution in [2.75, 3.05) is 20.3 Å². The fourth-order valence-corrected chi connectivity index (χ4v) is 1.87. The number of rotatable bonds is 6. The molecule has 0 atom stereocenters. The van der Waals surface area contributed by atoms with Gasteiger partial charge in [0.05, 0.1) is 13.7 Å². The van der Waals surface area contributed by atoms with E-state index in [1.165, 1.54) is 13.2 Å². The second-order valence-electron chi connectivity index (χ2n) is 4.10. The molecule has 0 spiro atoms. The Labute approximate surface area is 141 Å². The van der Waals surface area contributed by atoms with Crippen molar-refractivity contribution in [3.63, 3.8) is 0 Å². The van der Waals surface area contributed by atoms with Crippen molar-refractivity contribution >= 4 is 40.0 Å². The summed E-state index contributed by atoms with van der Waals surface area (Å²) in [7, 11) is 1.51. The van der Waals surface area contributed by atoms with Gasteiger partial charge in [-0.2, -0.15) is 0 Å². The second-order valence-corrected chi connectivity index (χ2v) is 5.01. The third kappa shape index (κ3) is 6.96. The average molecular weight is 386 g/mol. The summed E-state index contributed by atoms with van der Waals surface area (Å²) in [6.07, 6.45) is 1.76. The summed E-state index contributed by atoms with van der Waals surface area (Å²) in [6, 6.07) is 5.30. The van der Waals surface area contributed by atoms with E-state index in [2.05, 4.69) is 20.7 Å². The van der Waals surface area contributed by atoms with Gasteiger partial charge in [-0.3, -0.25) is 10.1 Å². The van der Waals surface area contributed by atoms with Crippen molar-refractivity contribution < 1.29 is 28.6 Å². The number of benzene rings is 1. The Hall–Kier alpha value is -2.35. The van der Waals surface area contributed by atoms with Gasteiger partial charge in [-0.25, -0.2) is 9.59 Å². The first-order chi connectivity index (χ1) is 11.0. The van der Waals surface area contributed by atoms with Gasteiger partial charge in [0.25, 0.3) is 5.91 Å². The molecule has 0 heterocycles. The number of halogens is 1. The Morgan fingerprint density at radius 1 is 1.26 bits per heavy atom. The van der Waals surface area contributed by atoms with Crippen molar-refractivity contribution in [3.8, 4) is 5.75 Å². The summed E-state index contributed by atoms with van der Waals surface area (Å²) < 4.78 is 15.2. The zero-order valence-electron chi connectivity index (χ0n) is 12.6. The highest BCUT2D eigenvalue weighted by molar-refractivity contribution is 9.10. The third-order valence-corrected chi connectivity index (χ3v) is 2.95. The molecule has 1 aromatic rings. The van der Waals surface area contributed by atoms with Crippen LogP contribution in [0.2, 0.25) is 0 Å². The van der Waals surface area contributed by atoms with E-state index < -0.39 is 24.6 Å². The maximum absolute atomic E-state index is 11.6. The van der Waals surface area contributed by atoms with Crippen molar-refractivity contribution in [2.45, 2.75) is 6.92 Å². The van der Waals surface area contributed by atoms with Crippen LogP contribution in [0.5, 0.6) is 5.75 Å². The maximum atomic E-state index is 11.6. The second kappa shape index (κ2) is 9.62. The molecule has 23 heavy (non-hydrogen) atoms. The lowest BCUT2D eigenvalue weighted by Gasteiger charge is -2.05. The molecule has 0 radical (unpaired) electrons. The summed E-state index contributed by atoms with van der Waals surface area (Å²) in [4.78, 5) is 33.9. The lowest BCUT2D eigenvalue weighted by Crippen LogP contribution is -2.34. The van der Waals surface area contributed by atoms with Crippen molar-refractivity contribution in [1.29, 1.82) is 0 Å². The molecule has 8 heteroatoms. The van der Waals surface area contributed by atoms with Gasteiger partial charge in [-0.05, 0) is 31.2 Å². The van der Waals surface area contributed by atoms with Gasteiger partial charge in [0.2, 0.25) is 0 Å². The van der Waals surface area contributed by atoms with E-state index in [1.807, 2.05) is 5.32 Å². The molecule has 1 aromatic carbocycles. The zero-order valence-corrected chi connectivity index (χ0v) is 14.2. The number of carbonyl (C=O) groups excluding carboxylic acids is 3. The molecule has 0 aliphatic carbocycles. The van der Waals surface area contributed by atoms with Crippen LogP contribution in [-0.2, 0) is 19.1 Å². The molecule has 0 aromatic heterocycles. The van der Waals surface area contributed by atoms with Crippen LogP contribution in [0.4, 0.5) is 4.79 Å². The van der Waals surface area contributed by atoms with Crippen molar-refractivity contribution in [3.05, 3.63) is 34.3 Å². The van der Waals surface area contributed by atoms with Crippen LogP contribution in [0, 0.1) is 0 Å².